The minimum absolute atomic E-state index is 0.0891. The van der Waals surface area contributed by atoms with Crippen LogP contribution in [0.15, 0.2) is 48.5 Å². The molecular weight excluding hydrogens is 462 g/mol. The summed E-state index contributed by atoms with van der Waals surface area (Å²) in [6.07, 6.45) is 3.36. The number of anilines is 1. The van der Waals surface area contributed by atoms with Gasteiger partial charge in [-0.05, 0) is 67.7 Å². The third kappa shape index (κ3) is 5.49. The Balaban J connectivity index is 1.28. The number of carbonyl (C=O) groups excluding carboxylic acids is 2. The normalized spacial score (nSPS) is 21.8. The fraction of sp³-hybridized carbons (Fsp3) is 0.500. The first-order valence-electron chi connectivity index (χ1n) is 12.4. The molecule has 0 radical (unpaired) electrons. The number of likely N-dealkylation sites (N-methyl/N-ethyl adjacent to an activating group) is 1. The highest BCUT2D eigenvalue weighted by molar-refractivity contribution is 6.34. The van der Waals surface area contributed by atoms with Crippen molar-refractivity contribution >= 4 is 29.1 Å². The van der Waals surface area contributed by atoms with Crippen LogP contribution in [-0.2, 0) is 10.4 Å². The van der Waals surface area contributed by atoms with Gasteiger partial charge in [0.15, 0.2) is 5.60 Å². The molecule has 0 spiro atoms. The molecule has 2 aliphatic rings. The van der Waals surface area contributed by atoms with Gasteiger partial charge in [-0.15, -0.1) is 0 Å². The van der Waals surface area contributed by atoms with Gasteiger partial charge in [-0.2, -0.15) is 0 Å². The number of benzene rings is 2. The van der Waals surface area contributed by atoms with Crippen molar-refractivity contribution in [3.05, 3.63) is 64.7 Å². The molecule has 1 saturated heterocycles. The van der Waals surface area contributed by atoms with Crippen LogP contribution in [-0.4, -0.2) is 67.5 Å². The Morgan fingerprint density at radius 1 is 1.09 bits per heavy atom. The smallest absolute Gasteiger partial charge is 0.258 e. The summed E-state index contributed by atoms with van der Waals surface area (Å²) in [5, 5.41) is 11.4. The van der Waals surface area contributed by atoms with Crippen LogP contribution in [0.1, 0.15) is 42.1 Å². The summed E-state index contributed by atoms with van der Waals surface area (Å²) in [7, 11) is 5.25. The van der Waals surface area contributed by atoms with Gasteiger partial charge in [0.1, 0.15) is 0 Å². The summed E-state index contributed by atoms with van der Waals surface area (Å²) in [5.41, 5.74) is 0.695. The highest BCUT2D eigenvalue weighted by Crippen LogP contribution is 2.48. The molecule has 4 rings (SSSR count). The molecule has 7 heteroatoms. The Morgan fingerprint density at radius 3 is 2.34 bits per heavy atom. The van der Waals surface area contributed by atoms with Crippen molar-refractivity contribution in [2.24, 2.45) is 17.8 Å². The van der Waals surface area contributed by atoms with Crippen molar-refractivity contribution < 1.29 is 14.7 Å². The summed E-state index contributed by atoms with van der Waals surface area (Å²) < 4.78 is 0. The molecule has 0 aromatic heterocycles. The SMILES string of the molecule is CN(C)C(=O)c1ccc(N2CCC([C@@H]3C[C@H]3CN(C)C(=O)[C@@](C)(O)c3ccccc3)CC2)cc1Cl. The van der Waals surface area contributed by atoms with E-state index >= 15 is 0 Å². The van der Waals surface area contributed by atoms with Crippen LogP contribution in [0.2, 0.25) is 5.02 Å². The van der Waals surface area contributed by atoms with Crippen LogP contribution in [0.3, 0.4) is 0 Å². The molecule has 1 aliphatic heterocycles. The summed E-state index contributed by atoms with van der Waals surface area (Å²) in [6, 6.07) is 14.8. The second kappa shape index (κ2) is 10.2. The Kier molecular flexibility index (Phi) is 7.43. The lowest BCUT2D eigenvalue weighted by molar-refractivity contribution is -0.149. The van der Waals surface area contributed by atoms with Gasteiger partial charge in [0.2, 0.25) is 0 Å². The van der Waals surface area contributed by atoms with E-state index in [9.17, 15) is 14.7 Å². The van der Waals surface area contributed by atoms with Crippen molar-refractivity contribution in [1.82, 2.24) is 9.80 Å². The number of aliphatic hydroxyl groups is 1. The second-order valence-electron chi connectivity index (χ2n) is 10.5. The number of piperidine rings is 1. The lowest BCUT2D eigenvalue weighted by atomic mass is 9.90. The minimum Gasteiger partial charge on any atom is -0.376 e. The molecule has 6 nitrogen and oxygen atoms in total. The molecule has 3 atom stereocenters. The number of hydrogen-bond acceptors (Lipinski definition) is 4. The van der Waals surface area contributed by atoms with Gasteiger partial charge in [-0.25, -0.2) is 0 Å². The lowest BCUT2D eigenvalue weighted by Gasteiger charge is -2.34. The minimum atomic E-state index is -1.51. The zero-order valence-electron chi connectivity index (χ0n) is 21.1. The quantitative estimate of drug-likeness (QED) is 0.620. The first-order valence-corrected chi connectivity index (χ1v) is 12.8. The van der Waals surface area contributed by atoms with Crippen LogP contribution in [0, 0.1) is 17.8 Å². The van der Waals surface area contributed by atoms with Crippen molar-refractivity contribution in [3.63, 3.8) is 0 Å². The summed E-state index contributed by atoms with van der Waals surface area (Å²) in [5.74, 6) is 1.45. The predicted octanol–water partition coefficient (Wildman–Crippen LogP) is 4.26. The van der Waals surface area contributed by atoms with Crippen molar-refractivity contribution in [2.45, 2.75) is 31.8 Å². The topological polar surface area (TPSA) is 64.1 Å². The molecule has 1 heterocycles. The maximum Gasteiger partial charge on any atom is 0.258 e. The number of rotatable bonds is 7. The Labute approximate surface area is 213 Å². The van der Waals surface area contributed by atoms with Gasteiger partial charge < -0.3 is 19.8 Å². The fourth-order valence-corrected chi connectivity index (χ4v) is 5.71. The molecular formula is C28H36ClN3O3. The molecule has 35 heavy (non-hydrogen) atoms. The number of halogens is 1. The Hall–Kier alpha value is -2.57. The van der Waals surface area contributed by atoms with Crippen molar-refractivity contribution in [2.75, 3.05) is 45.7 Å². The van der Waals surface area contributed by atoms with E-state index in [0.717, 1.165) is 38.0 Å². The first-order chi connectivity index (χ1) is 16.6. The maximum absolute atomic E-state index is 13.0. The number of hydrogen-bond donors (Lipinski definition) is 1. The zero-order chi connectivity index (χ0) is 25.3. The average molecular weight is 498 g/mol. The van der Waals surface area contributed by atoms with E-state index in [4.69, 9.17) is 11.6 Å². The van der Waals surface area contributed by atoms with E-state index < -0.39 is 5.60 Å². The summed E-state index contributed by atoms with van der Waals surface area (Å²) in [6.45, 7) is 4.19. The van der Waals surface area contributed by atoms with Crippen LogP contribution in [0.4, 0.5) is 5.69 Å². The second-order valence-corrected chi connectivity index (χ2v) is 10.9. The molecule has 2 aromatic rings. The third-order valence-corrected chi connectivity index (χ3v) is 8.00. The van der Waals surface area contributed by atoms with E-state index in [0.29, 0.717) is 40.4 Å². The number of nitrogens with zero attached hydrogens (tertiary/aromatic N) is 3. The fourth-order valence-electron chi connectivity index (χ4n) is 5.45. The van der Waals surface area contributed by atoms with Crippen LogP contribution in [0.5, 0.6) is 0 Å². The van der Waals surface area contributed by atoms with Crippen LogP contribution < -0.4 is 4.90 Å². The van der Waals surface area contributed by atoms with E-state index in [2.05, 4.69) is 4.90 Å². The monoisotopic (exact) mass is 497 g/mol. The Morgan fingerprint density at radius 2 is 1.74 bits per heavy atom. The first kappa shape index (κ1) is 25.5. The molecule has 1 N–H and O–H groups in total. The highest BCUT2D eigenvalue weighted by Gasteiger charge is 2.45. The lowest BCUT2D eigenvalue weighted by Crippen LogP contribution is -2.44. The Bertz CT molecular complexity index is 1060. The molecule has 1 aliphatic carbocycles. The highest BCUT2D eigenvalue weighted by atomic mass is 35.5. The van der Waals surface area contributed by atoms with Crippen LogP contribution in [0.25, 0.3) is 0 Å². The molecule has 0 unspecified atom stereocenters. The third-order valence-electron chi connectivity index (χ3n) is 7.68. The standard InChI is InChI=1S/C28H36ClN3O3/c1-28(35,21-8-6-5-7-9-21)27(34)31(4)18-20-16-24(20)19-12-14-32(15-13-19)22-10-11-23(25(29)17-22)26(33)30(2)3/h5-11,17,19-20,24,35H,12-16,18H2,1-4H3/t20-,24-,28-/m0/s1. The number of carbonyl (C=O) groups is 2. The molecule has 1 saturated carbocycles. The predicted molar refractivity (Wildman–Crippen MR) is 140 cm³/mol. The molecule has 188 valence electrons. The molecule has 2 amide bonds. The number of amides is 2. The molecule has 2 fully saturated rings. The van der Waals surface area contributed by atoms with Gasteiger partial charge in [0, 0.05) is 46.5 Å². The van der Waals surface area contributed by atoms with E-state index in [1.165, 1.54) is 4.90 Å². The van der Waals surface area contributed by atoms with E-state index in [1.807, 2.05) is 36.4 Å². The van der Waals surface area contributed by atoms with E-state index in [-0.39, 0.29) is 11.8 Å². The van der Waals surface area contributed by atoms with Crippen molar-refractivity contribution in [3.8, 4) is 0 Å². The summed E-state index contributed by atoms with van der Waals surface area (Å²) >= 11 is 6.42. The van der Waals surface area contributed by atoms with Crippen LogP contribution >= 0.6 is 11.6 Å². The van der Waals surface area contributed by atoms with Gasteiger partial charge in [0.05, 0.1) is 10.6 Å². The largest absolute Gasteiger partial charge is 0.376 e. The molecule has 0 bridgehead atoms. The van der Waals surface area contributed by atoms with E-state index in [1.54, 1.807) is 45.1 Å². The van der Waals surface area contributed by atoms with Gasteiger partial charge >= 0.3 is 0 Å². The van der Waals surface area contributed by atoms with Gasteiger partial charge in [-0.1, -0.05) is 41.9 Å². The molecule has 2 aromatic carbocycles. The summed E-state index contributed by atoms with van der Waals surface area (Å²) in [4.78, 5) is 30.8. The zero-order valence-corrected chi connectivity index (χ0v) is 21.8. The average Bonchev–Trinajstić information content (AvgIpc) is 3.62. The van der Waals surface area contributed by atoms with Gasteiger partial charge in [0.25, 0.3) is 11.8 Å². The van der Waals surface area contributed by atoms with Crippen molar-refractivity contribution in [1.29, 1.82) is 0 Å². The van der Waals surface area contributed by atoms with Gasteiger partial charge in [-0.3, -0.25) is 9.59 Å². The maximum atomic E-state index is 13.0.